The Morgan fingerprint density at radius 1 is 0.920 bits per heavy atom. The van der Waals surface area contributed by atoms with Crippen LogP contribution in [-0.4, -0.2) is 57.0 Å². The molecule has 0 bridgehead atoms. The number of hydrogen-bond acceptors (Lipinski definition) is 4. The minimum absolute atomic E-state index is 0.356. The van der Waals surface area contributed by atoms with Gasteiger partial charge in [0.25, 0.3) is 0 Å². The molecular weight excluding hydrogens is 360 g/mol. The van der Waals surface area contributed by atoms with Crippen LogP contribution in [0.25, 0.3) is 0 Å². The molecule has 5 nitrogen and oxygen atoms in total. The van der Waals surface area contributed by atoms with Crippen molar-refractivity contribution >= 4 is 21.6 Å². The van der Waals surface area contributed by atoms with Crippen LogP contribution in [0.1, 0.15) is 0 Å². The molecule has 1 heterocycles. The predicted molar refractivity (Wildman–Crippen MR) is 98.6 cm³/mol. The minimum Gasteiger partial charge on any atom is -0.492 e. The Labute approximate surface area is 153 Å². The largest absolute Gasteiger partial charge is 0.492 e. The molecule has 3 rings (SSSR count). The van der Waals surface area contributed by atoms with Gasteiger partial charge in [0.15, 0.2) is 0 Å². The molecule has 0 unspecified atom stereocenters. The van der Waals surface area contributed by atoms with E-state index in [1.54, 1.807) is 40.7 Å². The summed E-state index contributed by atoms with van der Waals surface area (Å²) >= 11 is 5.84. The lowest BCUT2D eigenvalue weighted by molar-refractivity contribution is 0.159. The number of rotatable bonds is 6. The molecule has 0 radical (unpaired) electrons. The summed E-state index contributed by atoms with van der Waals surface area (Å²) in [5.74, 6) is 0.787. The van der Waals surface area contributed by atoms with Gasteiger partial charge in [-0.2, -0.15) is 4.31 Å². The number of nitrogens with zero attached hydrogens (tertiary/aromatic N) is 2. The molecule has 1 saturated heterocycles. The summed E-state index contributed by atoms with van der Waals surface area (Å²) in [5.41, 5.74) is 0. The van der Waals surface area contributed by atoms with Crippen LogP contribution in [0.2, 0.25) is 5.02 Å². The highest BCUT2D eigenvalue weighted by Crippen LogP contribution is 2.18. The van der Waals surface area contributed by atoms with Gasteiger partial charge in [0.05, 0.1) is 4.90 Å². The van der Waals surface area contributed by atoms with Crippen molar-refractivity contribution < 1.29 is 13.2 Å². The fraction of sp³-hybridized carbons (Fsp3) is 0.333. The van der Waals surface area contributed by atoms with Gasteiger partial charge in [0.2, 0.25) is 10.0 Å². The molecule has 1 fully saturated rings. The maximum absolute atomic E-state index is 12.6. The van der Waals surface area contributed by atoms with Crippen LogP contribution in [-0.2, 0) is 10.0 Å². The molecule has 2 aromatic rings. The summed E-state index contributed by atoms with van der Waals surface area (Å²) in [4.78, 5) is 2.57. The molecule has 25 heavy (non-hydrogen) atoms. The number of halogens is 1. The molecule has 0 atom stereocenters. The summed E-state index contributed by atoms with van der Waals surface area (Å²) in [6, 6.07) is 15.9. The Bertz CT molecular complexity index is 774. The van der Waals surface area contributed by atoms with E-state index in [0.717, 1.165) is 12.3 Å². The van der Waals surface area contributed by atoms with Crippen molar-refractivity contribution in [2.75, 3.05) is 39.3 Å². The fourth-order valence-electron chi connectivity index (χ4n) is 2.76. The SMILES string of the molecule is O=S(=O)(c1ccccc1)N1CCN(CCOc2ccc(Cl)cc2)CC1. The van der Waals surface area contributed by atoms with Gasteiger partial charge < -0.3 is 4.74 Å². The molecule has 0 N–H and O–H groups in total. The lowest BCUT2D eigenvalue weighted by Gasteiger charge is -2.33. The molecule has 2 aromatic carbocycles. The summed E-state index contributed by atoms with van der Waals surface area (Å²) in [5, 5.41) is 0.683. The van der Waals surface area contributed by atoms with Gasteiger partial charge >= 0.3 is 0 Å². The zero-order valence-corrected chi connectivity index (χ0v) is 15.4. The van der Waals surface area contributed by atoms with Crippen molar-refractivity contribution in [1.82, 2.24) is 9.21 Å². The lowest BCUT2D eigenvalue weighted by Crippen LogP contribution is -2.49. The van der Waals surface area contributed by atoms with E-state index >= 15 is 0 Å². The molecular formula is C18H21ClN2O3S. The van der Waals surface area contributed by atoms with Crippen molar-refractivity contribution in [2.24, 2.45) is 0 Å². The van der Waals surface area contributed by atoms with Crippen LogP contribution in [0.4, 0.5) is 0 Å². The van der Waals surface area contributed by atoms with Crippen LogP contribution in [0.3, 0.4) is 0 Å². The van der Waals surface area contributed by atoms with Gasteiger partial charge in [-0.1, -0.05) is 29.8 Å². The van der Waals surface area contributed by atoms with Crippen LogP contribution in [0.5, 0.6) is 5.75 Å². The molecule has 0 spiro atoms. The maximum Gasteiger partial charge on any atom is 0.243 e. The summed E-state index contributed by atoms with van der Waals surface area (Å²) in [6.45, 7) is 3.73. The van der Waals surface area contributed by atoms with Gasteiger partial charge in [0.1, 0.15) is 12.4 Å². The van der Waals surface area contributed by atoms with E-state index in [0.29, 0.717) is 42.7 Å². The molecule has 7 heteroatoms. The summed E-state index contributed by atoms with van der Waals surface area (Å²) in [7, 11) is -3.39. The van der Waals surface area contributed by atoms with E-state index in [-0.39, 0.29) is 0 Å². The third kappa shape index (κ3) is 4.73. The molecule has 1 aliphatic rings. The van der Waals surface area contributed by atoms with E-state index in [1.807, 2.05) is 18.2 Å². The molecule has 134 valence electrons. The van der Waals surface area contributed by atoms with Gasteiger partial charge in [-0.25, -0.2) is 8.42 Å². The molecule has 0 aliphatic carbocycles. The van der Waals surface area contributed by atoms with Crippen LogP contribution in [0, 0.1) is 0 Å². The first-order chi connectivity index (χ1) is 12.1. The zero-order valence-electron chi connectivity index (χ0n) is 13.8. The highest BCUT2D eigenvalue weighted by molar-refractivity contribution is 7.89. The van der Waals surface area contributed by atoms with Crippen LogP contribution >= 0.6 is 11.6 Å². The van der Waals surface area contributed by atoms with Crippen LogP contribution in [0.15, 0.2) is 59.5 Å². The number of hydrogen-bond donors (Lipinski definition) is 0. The molecule has 0 saturated carbocycles. The van der Waals surface area contributed by atoms with E-state index in [2.05, 4.69) is 4.90 Å². The Balaban J connectivity index is 1.46. The highest BCUT2D eigenvalue weighted by atomic mass is 35.5. The van der Waals surface area contributed by atoms with E-state index in [4.69, 9.17) is 16.3 Å². The predicted octanol–water partition coefficient (Wildman–Crippen LogP) is 2.73. The molecule has 1 aliphatic heterocycles. The quantitative estimate of drug-likeness (QED) is 0.773. The number of sulfonamides is 1. The van der Waals surface area contributed by atoms with Crippen molar-refractivity contribution in [3.63, 3.8) is 0 Å². The van der Waals surface area contributed by atoms with E-state index in [9.17, 15) is 8.42 Å². The third-order valence-electron chi connectivity index (χ3n) is 4.20. The summed E-state index contributed by atoms with van der Waals surface area (Å²) < 4.78 is 32.4. The summed E-state index contributed by atoms with van der Waals surface area (Å²) in [6.07, 6.45) is 0. The first kappa shape index (κ1) is 18.2. The lowest BCUT2D eigenvalue weighted by atomic mass is 10.3. The Kier molecular flexibility index (Phi) is 5.96. The number of piperazine rings is 1. The van der Waals surface area contributed by atoms with Gasteiger partial charge in [-0.05, 0) is 36.4 Å². The molecule has 0 aromatic heterocycles. The highest BCUT2D eigenvalue weighted by Gasteiger charge is 2.28. The van der Waals surface area contributed by atoms with Crippen LogP contribution < -0.4 is 4.74 Å². The van der Waals surface area contributed by atoms with Crippen molar-refractivity contribution in [3.8, 4) is 5.75 Å². The van der Waals surface area contributed by atoms with Gasteiger partial charge in [0, 0.05) is 37.7 Å². The standard InChI is InChI=1S/C18H21ClN2O3S/c19-16-6-8-17(9-7-16)24-15-14-20-10-12-21(13-11-20)25(22,23)18-4-2-1-3-5-18/h1-9H,10-15H2. The average molecular weight is 381 g/mol. The van der Waals surface area contributed by atoms with Gasteiger partial charge in [-0.3, -0.25) is 4.90 Å². The second-order valence-electron chi connectivity index (χ2n) is 5.86. The minimum atomic E-state index is -3.39. The Hall–Kier alpha value is -1.60. The first-order valence-electron chi connectivity index (χ1n) is 8.22. The second kappa shape index (κ2) is 8.19. The monoisotopic (exact) mass is 380 g/mol. The Morgan fingerprint density at radius 2 is 1.56 bits per heavy atom. The third-order valence-corrected chi connectivity index (χ3v) is 6.37. The average Bonchev–Trinajstić information content (AvgIpc) is 2.64. The first-order valence-corrected chi connectivity index (χ1v) is 10.0. The van der Waals surface area contributed by atoms with Gasteiger partial charge in [-0.15, -0.1) is 0 Å². The maximum atomic E-state index is 12.6. The van der Waals surface area contributed by atoms with E-state index < -0.39 is 10.0 Å². The van der Waals surface area contributed by atoms with Crippen molar-refractivity contribution in [3.05, 3.63) is 59.6 Å². The van der Waals surface area contributed by atoms with Crippen molar-refractivity contribution in [1.29, 1.82) is 0 Å². The Morgan fingerprint density at radius 3 is 2.20 bits per heavy atom. The van der Waals surface area contributed by atoms with Crippen molar-refractivity contribution in [2.45, 2.75) is 4.90 Å². The normalized spacial score (nSPS) is 16.7. The zero-order chi connectivity index (χ0) is 17.7. The number of ether oxygens (including phenoxy) is 1. The smallest absolute Gasteiger partial charge is 0.243 e. The fourth-order valence-corrected chi connectivity index (χ4v) is 4.33. The second-order valence-corrected chi connectivity index (χ2v) is 8.24. The number of benzene rings is 2. The molecule has 0 amide bonds. The topological polar surface area (TPSA) is 49.9 Å². The van der Waals surface area contributed by atoms with E-state index in [1.165, 1.54) is 0 Å².